The molecule has 0 saturated heterocycles. The van der Waals surface area contributed by atoms with E-state index in [4.69, 9.17) is 0 Å². The van der Waals surface area contributed by atoms with Crippen molar-refractivity contribution in [2.24, 2.45) is 0 Å². The van der Waals surface area contributed by atoms with Gasteiger partial charge in [-0.15, -0.1) is 11.3 Å². The Balaban J connectivity index is 1.30. The molecule has 0 aliphatic carbocycles. The molecule has 0 atom stereocenters. The van der Waals surface area contributed by atoms with Crippen LogP contribution in [0.25, 0.3) is 16.2 Å². The highest BCUT2D eigenvalue weighted by molar-refractivity contribution is 9.10. The summed E-state index contributed by atoms with van der Waals surface area (Å²) in [6.07, 6.45) is 3.94. The summed E-state index contributed by atoms with van der Waals surface area (Å²) in [6.45, 7) is 0.584. The van der Waals surface area contributed by atoms with Gasteiger partial charge in [-0.2, -0.15) is 5.10 Å². The van der Waals surface area contributed by atoms with Crippen molar-refractivity contribution in [3.8, 4) is 11.3 Å². The molecule has 0 saturated carbocycles. The maximum absolute atomic E-state index is 12.8. The minimum atomic E-state index is -0.0905. The van der Waals surface area contributed by atoms with Gasteiger partial charge in [0.1, 0.15) is 5.82 Å². The van der Waals surface area contributed by atoms with Crippen LogP contribution < -0.4 is 5.32 Å². The van der Waals surface area contributed by atoms with Crippen LogP contribution in [-0.2, 0) is 17.8 Å². The fourth-order valence-corrected chi connectivity index (χ4v) is 4.52. The van der Waals surface area contributed by atoms with Crippen LogP contribution in [0.4, 0.5) is 5.82 Å². The van der Waals surface area contributed by atoms with Gasteiger partial charge in [0, 0.05) is 33.4 Å². The lowest BCUT2D eigenvalue weighted by Gasteiger charge is -2.09. The Morgan fingerprint density at radius 3 is 2.68 bits per heavy atom. The smallest absolute Gasteiger partial charge is 0.231 e. The Labute approximate surface area is 191 Å². The van der Waals surface area contributed by atoms with E-state index >= 15 is 0 Å². The summed E-state index contributed by atoms with van der Waals surface area (Å²) in [5.74, 6) is 0.585. The van der Waals surface area contributed by atoms with Crippen LogP contribution >= 0.6 is 27.3 Å². The van der Waals surface area contributed by atoms with Gasteiger partial charge in [0.15, 0.2) is 4.96 Å². The fourth-order valence-electron chi connectivity index (χ4n) is 3.38. The lowest BCUT2D eigenvalue weighted by molar-refractivity contribution is -0.115. The Kier molecular flexibility index (Phi) is 5.40. The first-order valence-corrected chi connectivity index (χ1v) is 11.4. The number of nitrogens with one attached hydrogen (secondary N) is 1. The molecule has 3 heterocycles. The molecule has 31 heavy (non-hydrogen) atoms. The first kappa shape index (κ1) is 19.7. The van der Waals surface area contributed by atoms with E-state index in [0.717, 1.165) is 31.9 Å². The van der Waals surface area contributed by atoms with Crippen LogP contribution in [0.15, 0.2) is 82.9 Å². The van der Waals surface area contributed by atoms with Gasteiger partial charge in [0.2, 0.25) is 5.91 Å². The zero-order chi connectivity index (χ0) is 21.2. The van der Waals surface area contributed by atoms with E-state index in [1.165, 1.54) is 11.3 Å². The van der Waals surface area contributed by atoms with Gasteiger partial charge in [-0.1, -0.05) is 58.4 Å². The molecule has 8 heteroatoms. The summed E-state index contributed by atoms with van der Waals surface area (Å²) in [4.78, 5) is 18.3. The monoisotopic (exact) mass is 491 g/mol. The van der Waals surface area contributed by atoms with Crippen LogP contribution in [0.3, 0.4) is 0 Å². The summed E-state index contributed by atoms with van der Waals surface area (Å²) >= 11 is 4.98. The molecule has 0 unspecified atom stereocenters. The first-order chi connectivity index (χ1) is 15.2. The average molecular weight is 492 g/mol. The highest BCUT2D eigenvalue weighted by Crippen LogP contribution is 2.24. The second kappa shape index (κ2) is 8.49. The molecule has 0 fully saturated rings. The normalized spacial score (nSPS) is 11.1. The van der Waals surface area contributed by atoms with Crippen molar-refractivity contribution in [2.45, 2.75) is 13.0 Å². The van der Waals surface area contributed by atoms with Crippen molar-refractivity contribution in [3.63, 3.8) is 0 Å². The Hall–Kier alpha value is -3.23. The molecule has 3 aromatic heterocycles. The van der Waals surface area contributed by atoms with Crippen LogP contribution in [0.5, 0.6) is 0 Å². The van der Waals surface area contributed by atoms with Crippen molar-refractivity contribution in [2.75, 3.05) is 5.32 Å². The van der Waals surface area contributed by atoms with E-state index in [2.05, 4.69) is 31.3 Å². The third-order valence-corrected chi connectivity index (χ3v) is 6.34. The number of aromatic nitrogens is 4. The van der Waals surface area contributed by atoms with Gasteiger partial charge in [-0.05, 0) is 17.7 Å². The number of halogens is 1. The number of nitrogens with zero attached hydrogens (tertiary/aromatic N) is 4. The van der Waals surface area contributed by atoms with Crippen molar-refractivity contribution < 1.29 is 4.79 Å². The van der Waals surface area contributed by atoms with Crippen LogP contribution in [-0.4, -0.2) is 25.1 Å². The number of carbonyl (C=O) groups is 1. The van der Waals surface area contributed by atoms with Crippen molar-refractivity contribution in [1.29, 1.82) is 0 Å². The molecule has 5 aromatic rings. The first-order valence-electron chi connectivity index (χ1n) is 9.73. The average Bonchev–Trinajstić information content (AvgIpc) is 3.48. The summed E-state index contributed by atoms with van der Waals surface area (Å²) in [5, 5.41) is 9.32. The second-order valence-corrected chi connectivity index (χ2v) is 8.85. The maximum atomic E-state index is 12.8. The van der Waals surface area contributed by atoms with E-state index in [-0.39, 0.29) is 12.3 Å². The summed E-state index contributed by atoms with van der Waals surface area (Å²) in [5.41, 5.74) is 3.98. The molecule has 0 aliphatic heterocycles. The Bertz CT molecular complexity index is 1340. The number of hydrogen-bond acceptors (Lipinski definition) is 4. The van der Waals surface area contributed by atoms with Gasteiger partial charge in [-0.25, -0.2) is 9.67 Å². The molecule has 0 bridgehead atoms. The zero-order valence-electron chi connectivity index (χ0n) is 16.4. The largest absolute Gasteiger partial charge is 0.311 e. The SMILES string of the molecule is O=C(Cc1csc2nc(-c3ccccc3)cn12)Nc1ccnn1Cc1ccc(Br)cc1. The molecule has 1 N–H and O–H groups in total. The van der Waals surface area contributed by atoms with Crippen molar-refractivity contribution >= 4 is 44.0 Å². The number of amides is 1. The lowest BCUT2D eigenvalue weighted by Crippen LogP contribution is -2.18. The topological polar surface area (TPSA) is 64.2 Å². The number of carbonyl (C=O) groups excluding carboxylic acids is 1. The lowest BCUT2D eigenvalue weighted by atomic mass is 10.2. The molecule has 6 nitrogen and oxygen atoms in total. The number of hydrogen-bond donors (Lipinski definition) is 1. The van der Waals surface area contributed by atoms with Gasteiger partial charge < -0.3 is 5.32 Å². The van der Waals surface area contributed by atoms with Crippen LogP contribution in [0, 0.1) is 0 Å². The number of anilines is 1. The molecule has 1 amide bonds. The van der Waals surface area contributed by atoms with Gasteiger partial charge in [0.05, 0.1) is 24.9 Å². The molecule has 5 rings (SSSR count). The predicted octanol–water partition coefficient (Wildman–Crippen LogP) is 5.25. The summed E-state index contributed by atoms with van der Waals surface area (Å²) in [7, 11) is 0. The Morgan fingerprint density at radius 2 is 1.87 bits per heavy atom. The molecule has 0 aliphatic rings. The number of rotatable bonds is 6. The van der Waals surface area contributed by atoms with Gasteiger partial charge >= 0.3 is 0 Å². The highest BCUT2D eigenvalue weighted by Gasteiger charge is 2.14. The standard InChI is InChI=1S/C23H18BrN5OS/c24-18-8-6-16(7-9-18)13-29-21(10-11-25-29)27-22(30)12-19-15-31-23-26-20(14-28(19)23)17-4-2-1-3-5-17/h1-11,14-15H,12-13H2,(H,27,30). The Morgan fingerprint density at radius 1 is 1.06 bits per heavy atom. The molecular weight excluding hydrogens is 474 g/mol. The fraction of sp³-hybridized carbons (Fsp3) is 0.0870. The third-order valence-electron chi connectivity index (χ3n) is 4.92. The minimum absolute atomic E-state index is 0.0905. The number of benzene rings is 2. The summed E-state index contributed by atoms with van der Waals surface area (Å²) < 4.78 is 4.81. The van der Waals surface area contributed by atoms with Crippen molar-refractivity contribution in [3.05, 3.63) is 94.2 Å². The number of thiazole rings is 1. The zero-order valence-corrected chi connectivity index (χ0v) is 18.8. The van der Waals surface area contributed by atoms with E-state index in [1.807, 2.05) is 76.6 Å². The minimum Gasteiger partial charge on any atom is -0.311 e. The molecule has 154 valence electrons. The van der Waals surface area contributed by atoms with Crippen molar-refractivity contribution in [1.82, 2.24) is 19.2 Å². The van der Waals surface area contributed by atoms with E-state index in [1.54, 1.807) is 10.9 Å². The molecule has 2 aromatic carbocycles. The van der Waals surface area contributed by atoms with E-state index in [9.17, 15) is 4.79 Å². The highest BCUT2D eigenvalue weighted by atomic mass is 79.9. The molecule has 0 radical (unpaired) electrons. The summed E-state index contributed by atoms with van der Waals surface area (Å²) in [6, 6.07) is 19.9. The van der Waals surface area contributed by atoms with Crippen LogP contribution in [0.2, 0.25) is 0 Å². The second-order valence-electron chi connectivity index (χ2n) is 7.10. The third kappa shape index (κ3) is 4.30. The van der Waals surface area contributed by atoms with Crippen LogP contribution in [0.1, 0.15) is 11.3 Å². The number of imidazole rings is 1. The molecular formula is C23H18BrN5OS. The maximum Gasteiger partial charge on any atom is 0.231 e. The van der Waals surface area contributed by atoms with E-state index < -0.39 is 0 Å². The quantitative estimate of drug-likeness (QED) is 0.352. The van der Waals surface area contributed by atoms with Gasteiger partial charge in [-0.3, -0.25) is 9.20 Å². The number of fused-ring (bicyclic) bond motifs is 1. The predicted molar refractivity (Wildman–Crippen MR) is 126 cm³/mol. The van der Waals surface area contributed by atoms with Gasteiger partial charge in [0.25, 0.3) is 0 Å². The van der Waals surface area contributed by atoms with E-state index in [0.29, 0.717) is 12.4 Å². The molecule has 0 spiro atoms.